The summed E-state index contributed by atoms with van der Waals surface area (Å²) in [5, 5.41) is 0.474. The van der Waals surface area contributed by atoms with Crippen LogP contribution in [0.1, 0.15) is 23.2 Å². The van der Waals surface area contributed by atoms with Gasteiger partial charge in [-0.3, -0.25) is 9.59 Å². The zero-order valence-corrected chi connectivity index (χ0v) is 11.5. The average Bonchev–Trinajstić information content (AvgIpc) is 2.86. The Morgan fingerprint density at radius 3 is 2.75 bits per heavy atom. The van der Waals surface area contributed by atoms with Crippen molar-refractivity contribution in [2.75, 3.05) is 6.54 Å². The molecule has 2 rings (SSSR count). The molecule has 6 nitrogen and oxygen atoms in total. The highest BCUT2D eigenvalue weighted by molar-refractivity contribution is 6.31. The van der Waals surface area contributed by atoms with E-state index in [1.54, 1.807) is 24.3 Å². The summed E-state index contributed by atoms with van der Waals surface area (Å²) in [7, 11) is 0. The van der Waals surface area contributed by atoms with Crippen LogP contribution in [-0.2, 0) is 4.79 Å². The molecule has 2 amide bonds. The number of amides is 2. The van der Waals surface area contributed by atoms with Crippen LogP contribution in [0.4, 0.5) is 0 Å². The summed E-state index contributed by atoms with van der Waals surface area (Å²) in [6.45, 7) is 0.502. The third kappa shape index (κ3) is 3.08. The quantitative estimate of drug-likeness (QED) is 0.620. The molecule has 1 aliphatic heterocycles. The van der Waals surface area contributed by atoms with Crippen LogP contribution in [0.25, 0.3) is 0 Å². The summed E-state index contributed by atoms with van der Waals surface area (Å²) in [6.07, 6.45) is 1.30. The minimum atomic E-state index is -0.608. The van der Waals surface area contributed by atoms with Gasteiger partial charge in [-0.05, 0) is 31.0 Å². The SMILES string of the molecule is NC(N)=NC(=O)C1CCCN1C(=O)c1cccc(Cl)c1. The predicted molar refractivity (Wildman–Crippen MR) is 76.3 cm³/mol. The summed E-state index contributed by atoms with van der Waals surface area (Å²) in [6, 6.07) is 6.01. The molecular weight excluding hydrogens is 280 g/mol. The molecule has 1 heterocycles. The smallest absolute Gasteiger partial charge is 0.271 e. The summed E-state index contributed by atoms with van der Waals surface area (Å²) in [5.41, 5.74) is 10.8. The maximum Gasteiger partial charge on any atom is 0.271 e. The van der Waals surface area contributed by atoms with E-state index in [2.05, 4.69) is 4.99 Å². The van der Waals surface area contributed by atoms with Crippen LogP contribution >= 0.6 is 11.6 Å². The van der Waals surface area contributed by atoms with E-state index < -0.39 is 11.9 Å². The van der Waals surface area contributed by atoms with E-state index in [1.807, 2.05) is 0 Å². The molecule has 4 N–H and O–H groups in total. The van der Waals surface area contributed by atoms with Crippen LogP contribution in [0.2, 0.25) is 5.02 Å². The molecule has 1 atom stereocenters. The number of halogens is 1. The van der Waals surface area contributed by atoms with Gasteiger partial charge in [-0.1, -0.05) is 17.7 Å². The fourth-order valence-electron chi connectivity index (χ4n) is 2.26. The van der Waals surface area contributed by atoms with Crippen molar-refractivity contribution in [1.82, 2.24) is 4.90 Å². The second kappa shape index (κ2) is 5.92. The Labute approximate surface area is 121 Å². The van der Waals surface area contributed by atoms with Gasteiger partial charge in [0, 0.05) is 17.1 Å². The summed E-state index contributed by atoms with van der Waals surface area (Å²) in [4.78, 5) is 29.3. The van der Waals surface area contributed by atoms with Crippen molar-refractivity contribution >= 4 is 29.4 Å². The van der Waals surface area contributed by atoms with Gasteiger partial charge >= 0.3 is 0 Å². The number of nitrogens with zero attached hydrogens (tertiary/aromatic N) is 2. The fraction of sp³-hybridized carbons (Fsp3) is 0.308. The monoisotopic (exact) mass is 294 g/mol. The number of carbonyl (C=O) groups is 2. The topological polar surface area (TPSA) is 102 Å². The lowest BCUT2D eigenvalue weighted by atomic mass is 10.1. The molecule has 0 saturated carbocycles. The Morgan fingerprint density at radius 2 is 2.10 bits per heavy atom. The third-order valence-electron chi connectivity index (χ3n) is 3.11. The fourth-order valence-corrected chi connectivity index (χ4v) is 2.45. The van der Waals surface area contributed by atoms with E-state index in [4.69, 9.17) is 23.1 Å². The standard InChI is InChI=1S/C13H15ClN4O2/c14-9-4-1-3-8(7-9)12(20)18-6-2-5-10(18)11(19)17-13(15)16/h1,3-4,7,10H,2,5-6H2,(H4,15,16,17,19). The van der Waals surface area contributed by atoms with Crippen LogP contribution in [0, 0.1) is 0 Å². The molecule has 1 unspecified atom stereocenters. The Balaban J connectivity index is 2.21. The first-order valence-electron chi connectivity index (χ1n) is 6.19. The highest BCUT2D eigenvalue weighted by atomic mass is 35.5. The van der Waals surface area contributed by atoms with E-state index in [0.717, 1.165) is 6.42 Å². The minimum Gasteiger partial charge on any atom is -0.370 e. The van der Waals surface area contributed by atoms with Gasteiger partial charge in [-0.15, -0.1) is 0 Å². The summed E-state index contributed by atoms with van der Waals surface area (Å²) < 4.78 is 0. The van der Waals surface area contributed by atoms with Crippen molar-refractivity contribution in [3.05, 3.63) is 34.9 Å². The molecule has 0 aliphatic carbocycles. The lowest BCUT2D eigenvalue weighted by Crippen LogP contribution is -2.41. The minimum absolute atomic E-state index is 0.242. The first kappa shape index (κ1) is 14.3. The molecule has 1 saturated heterocycles. The number of nitrogens with two attached hydrogens (primary N) is 2. The number of aliphatic imine (C=N–C) groups is 1. The normalized spacial score (nSPS) is 17.9. The van der Waals surface area contributed by atoms with E-state index in [9.17, 15) is 9.59 Å². The van der Waals surface area contributed by atoms with Crippen LogP contribution in [0.5, 0.6) is 0 Å². The molecular formula is C13H15ClN4O2. The van der Waals surface area contributed by atoms with Crippen molar-refractivity contribution in [2.24, 2.45) is 16.5 Å². The molecule has 1 aromatic carbocycles. The second-order valence-corrected chi connectivity index (χ2v) is 4.98. The number of likely N-dealkylation sites (tertiary alicyclic amines) is 1. The maximum absolute atomic E-state index is 12.4. The predicted octanol–water partition coefficient (Wildman–Crippen LogP) is 0.745. The van der Waals surface area contributed by atoms with Crippen molar-refractivity contribution in [2.45, 2.75) is 18.9 Å². The third-order valence-corrected chi connectivity index (χ3v) is 3.34. The molecule has 106 valence electrons. The van der Waals surface area contributed by atoms with Crippen molar-refractivity contribution in [3.63, 3.8) is 0 Å². The zero-order chi connectivity index (χ0) is 14.7. The van der Waals surface area contributed by atoms with Gasteiger partial charge in [0.2, 0.25) is 0 Å². The Morgan fingerprint density at radius 1 is 1.35 bits per heavy atom. The van der Waals surface area contributed by atoms with Crippen LogP contribution in [0.3, 0.4) is 0 Å². The van der Waals surface area contributed by atoms with Gasteiger partial charge < -0.3 is 16.4 Å². The van der Waals surface area contributed by atoms with Crippen LogP contribution in [0.15, 0.2) is 29.3 Å². The van der Waals surface area contributed by atoms with E-state index in [1.165, 1.54) is 4.90 Å². The van der Waals surface area contributed by atoms with Gasteiger partial charge in [0.1, 0.15) is 6.04 Å². The van der Waals surface area contributed by atoms with E-state index in [-0.39, 0.29) is 11.9 Å². The first-order chi connectivity index (χ1) is 9.49. The Bertz CT molecular complexity index is 569. The highest BCUT2D eigenvalue weighted by Crippen LogP contribution is 2.22. The number of guanidine groups is 1. The summed E-state index contributed by atoms with van der Waals surface area (Å²) in [5.74, 6) is -1.02. The van der Waals surface area contributed by atoms with Gasteiger partial charge in [0.25, 0.3) is 11.8 Å². The molecule has 1 aromatic rings. The Hall–Kier alpha value is -2.08. The number of hydrogen-bond acceptors (Lipinski definition) is 2. The lowest BCUT2D eigenvalue weighted by Gasteiger charge is -2.22. The molecule has 0 aromatic heterocycles. The Kier molecular flexibility index (Phi) is 4.24. The molecule has 0 radical (unpaired) electrons. The highest BCUT2D eigenvalue weighted by Gasteiger charge is 2.34. The van der Waals surface area contributed by atoms with Gasteiger partial charge in [-0.2, -0.15) is 4.99 Å². The molecule has 7 heteroatoms. The van der Waals surface area contributed by atoms with E-state index >= 15 is 0 Å². The number of carbonyl (C=O) groups excluding carboxylic acids is 2. The molecule has 20 heavy (non-hydrogen) atoms. The molecule has 1 fully saturated rings. The molecule has 0 spiro atoms. The first-order valence-corrected chi connectivity index (χ1v) is 6.57. The molecule has 1 aliphatic rings. The van der Waals surface area contributed by atoms with Gasteiger partial charge in [-0.25, -0.2) is 0 Å². The number of benzene rings is 1. The van der Waals surface area contributed by atoms with Gasteiger partial charge in [0.15, 0.2) is 5.96 Å². The summed E-state index contributed by atoms with van der Waals surface area (Å²) >= 11 is 5.87. The second-order valence-electron chi connectivity index (χ2n) is 4.54. The zero-order valence-electron chi connectivity index (χ0n) is 10.8. The number of hydrogen-bond donors (Lipinski definition) is 2. The van der Waals surface area contributed by atoms with Crippen molar-refractivity contribution < 1.29 is 9.59 Å². The maximum atomic E-state index is 12.4. The van der Waals surface area contributed by atoms with Crippen LogP contribution < -0.4 is 11.5 Å². The lowest BCUT2D eigenvalue weighted by molar-refractivity contribution is -0.121. The van der Waals surface area contributed by atoms with E-state index in [0.29, 0.717) is 23.6 Å². The van der Waals surface area contributed by atoms with Crippen molar-refractivity contribution in [3.8, 4) is 0 Å². The molecule has 0 bridgehead atoms. The largest absolute Gasteiger partial charge is 0.370 e. The van der Waals surface area contributed by atoms with Crippen molar-refractivity contribution in [1.29, 1.82) is 0 Å². The number of rotatable bonds is 2. The van der Waals surface area contributed by atoms with Crippen LogP contribution in [-0.4, -0.2) is 35.3 Å². The average molecular weight is 295 g/mol. The van der Waals surface area contributed by atoms with Gasteiger partial charge in [0.05, 0.1) is 0 Å².